The van der Waals surface area contributed by atoms with Gasteiger partial charge in [-0.2, -0.15) is 0 Å². The average Bonchev–Trinajstić information content (AvgIpc) is 2.99. The zero-order chi connectivity index (χ0) is 28.1. The van der Waals surface area contributed by atoms with Crippen molar-refractivity contribution in [2.75, 3.05) is 26.1 Å². The van der Waals surface area contributed by atoms with Crippen molar-refractivity contribution in [3.8, 4) is 34.0 Å². The summed E-state index contributed by atoms with van der Waals surface area (Å²) >= 11 is 0. The average molecular weight is 535 g/mol. The van der Waals surface area contributed by atoms with Crippen LogP contribution in [0.2, 0.25) is 0 Å². The first-order chi connectivity index (χ1) is 19.4. The number of carbonyl (C=O) groups is 2. The molecule has 200 valence electrons. The molecule has 1 amide bonds. The number of fused-ring (bicyclic) bond motifs is 1. The first-order valence-corrected chi connectivity index (χ1v) is 12.4. The van der Waals surface area contributed by atoms with Crippen LogP contribution < -0.4 is 14.8 Å². The van der Waals surface area contributed by atoms with E-state index in [2.05, 4.69) is 10.3 Å². The minimum absolute atomic E-state index is 0.251. The summed E-state index contributed by atoms with van der Waals surface area (Å²) in [5, 5.41) is 2.62. The zero-order valence-corrected chi connectivity index (χ0v) is 22.2. The molecule has 0 bridgehead atoms. The number of esters is 1. The largest absolute Gasteiger partial charge is 0.497 e. The SMILES string of the molecule is COc1ccc(-c2nc3ccc(C(=O)OCC(=O)Nc4cc(C)ccn4)cc3nc2-c2ccc(OC)cc2)cc1. The van der Waals surface area contributed by atoms with Gasteiger partial charge in [0.05, 0.1) is 42.2 Å². The lowest BCUT2D eigenvalue weighted by Gasteiger charge is -2.12. The molecule has 0 fully saturated rings. The summed E-state index contributed by atoms with van der Waals surface area (Å²) in [6.45, 7) is 1.44. The molecule has 5 aromatic rings. The smallest absolute Gasteiger partial charge is 0.338 e. The molecule has 2 heterocycles. The van der Waals surface area contributed by atoms with Crippen LogP contribution in [0.1, 0.15) is 15.9 Å². The molecule has 0 atom stereocenters. The van der Waals surface area contributed by atoms with Crippen molar-refractivity contribution in [2.45, 2.75) is 6.92 Å². The second-order valence-electron chi connectivity index (χ2n) is 8.92. The Hall–Kier alpha value is -5.31. The lowest BCUT2D eigenvalue weighted by Crippen LogP contribution is -2.21. The van der Waals surface area contributed by atoms with Gasteiger partial charge in [0.15, 0.2) is 6.61 Å². The van der Waals surface area contributed by atoms with Crippen LogP contribution in [0, 0.1) is 6.92 Å². The Morgan fingerprint density at radius 1 is 0.750 bits per heavy atom. The highest BCUT2D eigenvalue weighted by molar-refractivity contribution is 5.97. The first-order valence-electron chi connectivity index (χ1n) is 12.4. The Kier molecular flexibility index (Phi) is 7.63. The maximum atomic E-state index is 12.8. The normalized spacial score (nSPS) is 10.7. The molecule has 0 unspecified atom stereocenters. The van der Waals surface area contributed by atoms with E-state index in [1.807, 2.05) is 61.5 Å². The number of nitrogens with one attached hydrogen (secondary N) is 1. The maximum Gasteiger partial charge on any atom is 0.338 e. The summed E-state index contributed by atoms with van der Waals surface area (Å²) in [4.78, 5) is 38.9. The predicted molar refractivity (Wildman–Crippen MR) is 151 cm³/mol. The maximum absolute atomic E-state index is 12.8. The van der Waals surface area contributed by atoms with Crippen LogP contribution in [0.25, 0.3) is 33.5 Å². The number of amides is 1. The number of hydrogen-bond donors (Lipinski definition) is 1. The first kappa shape index (κ1) is 26.3. The highest BCUT2D eigenvalue weighted by Gasteiger charge is 2.17. The number of aryl methyl sites for hydroxylation is 1. The van der Waals surface area contributed by atoms with E-state index in [4.69, 9.17) is 24.2 Å². The second kappa shape index (κ2) is 11.6. The van der Waals surface area contributed by atoms with Crippen molar-refractivity contribution < 1.29 is 23.8 Å². The van der Waals surface area contributed by atoms with Crippen LogP contribution in [0.4, 0.5) is 5.82 Å². The summed E-state index contributed by atoms with van der Waals surface area (Å²) in [6, 6.07) is 23.5. The molecule has 9 nitrogen and oxygen atoms in total. The van der Waals surface area contributed by atoms with Gasteiger partial charge >= 0.3 is 5.97 Å². The Bertz CT molecular complexity index is 1690. The van der Waals surface area contributed by atoms with Gasteiger partial charge in [0.1, 0.15) is 17.3 Å². The molecule has 5 rings (SSSR count). The van der Waals surface area contributed by atoms with Crippen molar-refractivity contribution in [3.05, 3.63) is 96.2 Å². The fraction of sp³-hybridized carbons (Fsp3) is 0.129. The highest BCUT2D eigenvalue weighted by atomic mass is 16.5. The van der Waals surface area contributed by atoms with Crippen LogP contribution in [-0.2, 0) is 9.53 Å². The molecule has 2 aromatic heterocycles. The second-order valence-corrected chi connectivity index (χ2v) is 8.92. The van der Waals surface area contributed by atoms with E-state index in [9.17, 15) is 9.59 Å². The van der Waals surface area contributed by atoms with Gasteiger partial charge in [0, 0.05) is 17.3 Å². The lowest BCUT2D eigenvalue weighted by atomic mass is 10.0. The standard InChI is InChI=1S/C31H26N4O5/c1-19-14-15-32-27(16-19)35-28(36)18-40-31(37)22-8-13-25-26(17-22)34-30(21-6-11-24(39-3)12-7-21)29(33-25)20-4-9-23(38-2)10-5-20/h4-17H,18H2,1-3H3,(H,32,35,36). The van der Waals surface area contributed by atoms with E-state index in [0.717, 1.165) is 28.2 Å². The molecule has 0 aliphatic heterocycles. The van der Waals surface area contributed by atoms with Crippen molar-refractivity contribution in [1.29, 1.82) is 0 Å². The molecule has 0 radical (unpaired) electrons. The monoisotopic (exact) mass is 534 g/mol. The summed E-state index contributed by atoms with van der Waals surface area (Å²) in [7, 11) is 3.22. The third-order valence-electron chi connectivity index (χ3n) is 6.14. The number of ether oxygens (including phenoxy) is 3. The van der Waals surface area contributed by atoms with Crippen LogP contribution in [-0.4, -0.2) is 47.7 Å². The number of carbonyl (C=O) groups excluding carboxylic acids is 2. The number of aromatic nitrogens is 3. The van der Waals surface area contributed by atoms with E-state index in [1.165, 1.54) is 0 Å². The van der Waals surface area contributed by atoms with Crippen molar-refractivity contribution >= 4 is 28.7 Å². The molecule has 0 saturated carbocycles. The zero-order valence-electron chi connectivity index (χ0n) is 22.2. The number of rotatable bonds is 8. The number of hydrogen-bond acceptors (Lipinski definition) is 8. The van der Waals surface area contributed by atoms with Gasteiger partial charge in [-0.3, -0.25) is 4.79 Å². The van der Waals surface area contributed by atoms with Gasteiger partial charge in [-0.25, -0.2) is 19.7 Å². The molecular formula is C31H26N4O5. The number of nitrogens with zero attached hydrogens (tertiary/aromatic N) is 3. The van der Waals surface area contributed by atoms with Gasteiger partial charge in [-0.1, -0.05) is 0 Å². The Morgan fingerprint density at radius 3 is 1.93 bits per heavy atom. The van der Waals surface area contributed by atoms with Crippen molar-refractivity contribution in [2.24, 2.45) is 0 Å². The lowest BCUT2D eigenvalue weighted by molar-refractivity contribution is -0.119. The molecule has 0 aliphatic rings. The predicted octanol–water partition coefficient (Wildman–Crippen LogP) is 5.48. The molecule has 0 spiro atoms. The van der Waals surface area contributed by atoms with E-state index in [0.29, 0.717) is 28.2 Å². The number of anilines is 1. The van der Waals surface area contributed by atoms with Crippen molar-refractivity contribution in [3.63, 3.8) is 0 Å². The Labute approximate surface area is 230 Å². The van der Waals surface area contributed by atoms with Crippen LogP contribution >= 0.6 is 0 Å². The van der Waals surface area contributed by atoms with E-state index in [-0.39, 0.29) is 5.56 Å². The van der Waals surface area contributed by atoms with E-state index >= 15 is 0 Å². The topological polar surface area (TPSA) is 113 Å². The molecule has 3 aromatic carbocycles. The van der Waals surface area contributed by atoms with Gasteiger partial charge in [0.2, 0.25) is 0 Å². The highest BCUT2D eigenvalue weighted by Crippen LogP contribution is 2.33. The third kappa shape index (κ3) is 5.88. The fourth-order valence-corrected chi connectivity index (χ4v) is 4.08. The van der Waals surface area contributed by atoms with Crippen molar-refractivity contribution in [1.82, 2.24) is 15.0 Å². The Balaban J connectivity index is 1.43. The summed E-state index contributed by atoms with van der Waals surface area (Å²) in [5.74, 6) is 0.700. The van der Waals surface area contributed by atoms with Gasteiger partial charge < -0.3 is 19.5 Å². The fourth-order valence-electron chi connectivity index (χ4n) is 4.08. The minimum Gasteiger partial charge on any atom is -0.497 e. The van der Waals surface area contributed by atoms with Crippen LogP contribution in [0.3, 0.4) is 0 Å². The third-order valence-corrected chi connectivity index (χ3v) is 6.14. The minimum atomic E-state index is -0.652. The van der Waals surface area contributed by atoms with Crippen LogP contribution in [0.5, 0.6) is 11.5 Å². The molecule has 40 heavy (non-hydrogen) atoms. The number of methoxy groups -OCH3 is 2. The number of benzene rings is 3. The van der Waals surface area contributed by atoms with E-state index in [1.54, 1.807) is 44.7 Å². The molecule has 0 saturated heterocycles. The van der Waals surface area contributed by atoms with Crippen LogP contribution in [0.15, 0.2) is 85.1 Å². The quantitative estimate of drug-likeness (QED) is 0.261. The van der Waals surface area contributed by atoms with E-state index < -0.39 is 18.5 Å². The van der Waals surface area contributed by atoms with Gasteiger partial charge in [-0.05, 0) is 91.3 Å². The number of pyridine rings is 1. The summed E-state index contributed by atoms with van der Waals surface area (Å²) < 4.78 is 15.8. The summed E-state index contributed by atoms with van der Waals surface area (Å²) in [5.41, 5.74) is 5.31. The molecule has 9 heteroatoms. The van der Waals surface area contributed by atoms with Gasteiger partial charge in [-0.15, -0.1) is 0 Å². The summed E-state index contributed by atoms with van der Waals surface area (Å²) in [6.07, 6.45) is 1.59. The molecule has 1 N–H and O–H groups in total. The molecule has 0 aliphatic carbocycles. The Morgan fingerprint density at radius 2 is 1.35 bits per heavy atom. The molecular weight excluding hydrogens is 508 g/mol. The van der Waals surface area contributed by atoms with Gasteiger partial charge in [0.25, 0.3) is 5.91 Å².